The van der Waals surface area contributed by atoms with Crippen LogP contribution in [0.4, 0.5) is 0 Å². The third-order valence-electron chi connectivity index (χ3n) is 2.94. The molecule has 0 amide bonds. The second-order valence-corrected chi connectivity index (χ2v) is 5.13. The molecule has 1 N–H and O–H groups in total. The van der Waals surface area contributed by atoms with Crippen molar-refractivity contribution in [3.63, 3.8) is 0 Å². The molecule has 0 aromatic carbocycles. The van der Waals surface area contributed by atoms with Crippen LogP contribution in [0.25, 0.3) is 0 Å². The number of oxime groups is 2. The molecule has 1 heterocycles. The summed E-state index contributed by atoms with van der Waals surface area (Å²) in [7, 11) is 0. The van der Waals surface area contributed by atoms with Crippen molar-refractivity contribution >= 4 is 11.9 Å². The Morgan fingerprint density at radius 3 is 2.86 bits per heavy atom. The normalized spacial score (nSPS) is 37.7. The van der Waals surface area contributed by atoms with Gasteiger partial charge in [0.2, 0.25) is 0 Å². The first-order valence-electron chi connectivity index (χ1n) is 4.95. The largest absolute Gasteiger partial charge is 0.411 e. The predicted octanol–water partition coefficient (Wildman–Crippen LogP) is 2.17. The molecule has 1 atom stereocenters. The van der Waals surface area contributed by atoms with Crippen LogP contribution >= 0.6 is 0 Å². The van der Waals surface area contributed by atoms with Crippen LogP contribution in [0.3, 0.4) is 0 Å². The minimum Gasteiger partial charge on any atom is -0.411 e. The zero-order chi connectivity index (χ0) is 10.2. The molecule has 4 heteroatoms. The van der Waals surface area contributed by atoms with E-state index in [1.807, 2.05) is 0 Å². The van der Waals surface area contributed by atoms with Crippen LogP contribution in [0.5, 0.6) is 0 Å². The third-order valence-corrected chi connectivity index (χ3v) is 2.94. The quantitative estimate of drug-likeness (QED) is 0.477. The van der Waals surface area contributed by atoms with E-state index in [9.17, 15) is 0 Å². The van der Waals surface area contributed by atoms with Crippen molar-refractivity contribution in [3.8, 4) is 0 Å². The monoisotopic (exact) mass is 196 g/mol. The van der Waals surface area contributed by atoms with Gasteiger partial charge in [0.15, 0.2) is 0 Å². The van der Waals surface area contributed by atoms with Crippen LogP contribution in [0.15, 0.2) is 10.3 Å². The Bertz CT molecular complexity index is 286. The summed E-state index contributed by atoms with van der Waals surface area (Å²) < 4.78 is 0. The minimum atomic E-state index is -0.233. The Labute approximate surface area is 83.6 Å². The molecule has 78 valence electrons. The Morgan fingerprint density at radius 2 is 2.29 bits per heavy atom. The van der Waals surface area contributed by atoms with Crippen molar-refractivity contribution in [2.24, 2.45) is 15.7 Å². The van der Waals surface area contributed by atoms with Gasteiger partial charge in [-0.25, -0.2) is 0 Å². The fourth-order valence-electron chi connectivity index (χ4n) is 2.65. The van der Waals surface area contributed by atoms with Crippen molar-refractivity contribution in [3.05, 3.63) is 0 Å². The van der Waals surface area contributed by atoms with Gasteiger partial charge < -0.3 is 10.0 Å². The lowest BCUT2D eigenvalue weighted by molar-refractivity contribution is -0.0516. The van der Waals surface area contributed by atoms with Gasteiger partial charge in [0.25, 0.3) is 0 Å². The molecule has 1 saturated carbocycles. The first-order chi connectivity index (χ1) is 6.55. The molecule has 1 aliphatic carbocycles. The summed E-state index contributed by atoms with van der Waals surface area (Å²) in [6.45, 7) is 4.33. The number of rotatable bonds is 0. The SMILES string of the molecule is CC1(C)C/C(=N\O)CC2(CC=NO2)C1. The Balaban J connectivity index is 2.21. The number of nitrogens with zero attached hydrogens (tertiary/aromatic N) is 2. The van der Waals surface area contributed by atoms with E-state index in [2.05, 4.69) is 24.2 Å². The summed E-state index contributed by atoms with van der Waals surface area (Å²) in [5, 5.41) is 16.0. The van der Waals surface area contributed by atoms with Crippen molar-refractivity contribution in [2.45, 2.75) is 45.1 Å². The minimum absolute atomic E-state index is 0.132. The highest BCUT2D eigenvalue weighted by atomic mass is 16.7. The third kappa shape index (κ3) is 1.61. The molecule has 1 unspecified atom stereocenters. The molecule has 2 rings (SSSR count). The van der Waals surface area contributed by atoms with Crippen molar-refractivity contribution in [1.82, 2.24) is 0 Å². The van der Waals surface area contributed by atoms with E-state index in [-0.39, 0.29) is 11.0 Å². The Morgan fingerprint density at radius 1 is 1.50 bits per heavy atom. The van der Waals surface area contributed by atoms with Crippen molar-refractivity contribution < 1.29 is 10.0 Å². The summed E-state index contributed by atoms with van der Waals surface area (Å²) in [6, 6.07) is 0. The van der Waals surface area contributed by atoms with Crippen molar-refractivity contribution in [2.75, 3.05) is 0 Å². The molecule has 1 fully saturated rings. The van der Waals surface area contributed by atoms with Crippen molar-refractivity contribution in [1.29, 1.82) is 0 Å². The van der Waals surface area contributed by atoms with E-state index in [0.29, 0.717) is 6.42 Å². The summed E-state index contributed by atoms with van der Waals surface area (Å²) in [6.07, 6.45) is 5.15. The molecule has 14 heavy (non-hydrogen) atoms. The zero-order valence-corrected chi connectivity index (χ0v) is 8.66. The summed E-state index contributed by atoms with van der Waals surface area (Å²) in [5.41, 5.74) is 0.725. The van der Waals surface area contributed by atoms with E-state index in [4.69, 9.17) is 10.0 Å². The van der Waals surface area contributed by atoms with Crippen LogP contribution in [-0.4, -0.2) is 22.7 Å². The molecule has 1 aliphatic heterocycles. The van der Waals surface area contributed by atoms with Gasteiger partial charge in [-0.15, -0.1) is 0 Å². The second kappa shape index (κ2) is 2.97. The summed E-state index contributed by atoms with van der Waals surface area (Å²) >= 11 is 0. The topological polar surface area (TPSA) is 54.2 Å². The molecule has 2 aliphatic rings. The highest BCUT2D eigenvalue weighted by molar-refractivity contribution is 5.87. The number of hydrogen-bond acceptors (Lipinski definition) is 4. The maximum atomic E-state index is 8.86. The lowest BCUT2D eigenvalue weighted by atomic mass is 9.68. The van der Waals surface area contributed by atoms with Crippen LogP contribution in [-0.2, 0) is 4.84 Å². The van der Waals surface area contributed by atoms with Gasteiger partial charge in [-0.1, -0.05) is 24.2 Å². The molecule has 0 aromatic heterocycles. The molecular formula is C10H16N2O2. The Kier molecular flexibility index (Phi) is 2.01. The van der Waals surface area contributed by atoms with E-state index < -0.39 is 0 Å². The van der Waals surface area contributed by atoms with E-state index in [0.717, 1.165) is 25.0 Å². The first-order valence-corrected chi connectivity index (χ1v) is 4.95. The molecule has 0 saturated heterocycles. The van der Waals surface area contributed by atoms with Gasteiger partial charge in [-0.05, 0) is 18.3 Å². The fraction of sp³-hybridized carbons (Fsp3) is 0.800. The highest BCUT2D eigenvalue weighted by Gasteiger charge is 2.46. The van der Waals surface area contributed by atoms with Gasteiger partial charge in [0.05, 0.1) is 5.71 Å². The summed E-state index contributed by atoms with van der Waals surface area (Å²) in [5.74, 6) is 0. The fourth-order valence-corrected chi connectivity index (χ4v) is 2.65. The zero-order valence-electron chi connectivity index (χ0n) is 8.66. The number of hydrogen-bond donors (Lipinski definition) is 1. The van der Waals surface area contributed by atoms with E-state index in [1.54, 1.807) is 6.21 Å². The Hall–Kier alpha value is -1.06. The molecule has 1 spiro atoms. The maximum absolute atomic E-state index is 8.86. The lowest BCUT2D eigenvalue weighted by Gasteiger charge is -2.40. The van der Waals surface area contributed by atoms with Crippen LogP contribution in [0.2, 0.25) is 0 Å². The van der Waals surface area contributed by atoms with Crippen LogP contribution in [0.1, 0.15) is 39.5 Å². The smallest absolute Gasteiger partial charge is 0.148 e. The molecule has 0 aromatic rings. The van der Waals surface area contributed by atoms with E-state index in [1.165, 1.54) is 0 Å². The highest BCUT2D eigenvalue weighted by Crippen LogP contribution is 2.44. The molecule has 0 radical (unpaired) electrons. The van der Waals surface area contributed by atoms with Crippen LogP contribution < -0.4 is 0 Å². The van der Waals surface area contributed by atoms with Crippen LogP contribution in [0, 0.1) is 5.41 Å². The standard InChI is InChI=1S/C10H16N2O2/c1-9(2)5-8(12-13)6-10(7-9)3-4-11-14-10/h4,13H,3,5-7H2,1-2H3/b12-8+. The maximum Gasteiger partial charge on any atom is 0.148 e. The predicted molar refractivity (Wildman–Crippen MR) is 53.8 cm³/mol. The molecular weight excluding hydrogens is 180 g/mol. The summed E-state index contributed by atoms with van der Waals surface area (Å²) in [4.78, 5) is 5.43. The van der Waals surface area contributed by atoms with Gasteiger partial charge in [0.1, 0.15) is 5.60 Å². The second-order valence-electron chi connectivity index (χ2n) is 5.13. The lowest BCUT2D eigenvalue weighted by Crippen LogP contribution is -2.42. The van der Waals surface area contributed by atoms with Gasteiger partial charge >= 0.3 is 0 Å². The van der Waals surface area contributed by atoms with Gasteiger partial charge in [-0.2, -0.15) is 0 Å². The first kappa shape index (κ1) is 9.49. The average molecular weight is 196 g/mol. The van der Waals surface area contributed by atoms with E-state index >= 15 is 0 Å². The molecule has 4 nitrogen and oxygen atoms in total. The van der Waals surface area contributed by atoms with Gasteiger partial charge in [0, 0.05) is 19.1 Å². The van der Waals surface area contributed by atoms with Gasteiger partial charge in [-0.3, -0.25) is 0 Å². The average Bonchev–Trinajstić information content (AvgIpc) is 2.49. The molecule has 0 bridgehead atoms.